The van der Waals surface area contributed by atoms with Gasteiger partial charge in [-0.3, -0.25) is 4.90 Å². The molecule has 1 aliphatic carbocycles. The van der Waals surface area contributed by atoms with Crippen molar-refractivity contribution in [3.05, 3.63) is 22.2 Å². The Labute approximate surface area is 136 Å². The summed E-state index contributed by atoms with van der Waals surface area (Å²) in [5, 5.41) is 9.99. The zero-order valence-electron chi connectivity index (χ0n) is 13.2. The number of hydrogen-bond donors (Lipinski definition) is 1. The molecule has 2 rings (SSSR count). The number of hydrogen-bond acceptors (Lipinski definition) is 3. The summed E-state index contributed by atoms with van der Waals surface area (Å²) in [6, 6.07) is 4.60. The Morgan fingerprint density at radius 3 is 2.81 bits per heavy atom. The minimum Gasteiger partial charge on any atom is -0.503 e. The molecule has 0 spiro atoms. The van der Waals surface area contributed by atoms with E-state index in [9.17, 15) is 5.11 Å². The first kappa shape index (κ1) is 16.6. The quantitative estimate of drug-likeness (QED) is 0.839. The third-order valence-corrected chi connectivity index (χ3v) is 4.96. The van der Waals surface area contributed by atoms with Crippen LogP contribution < -0.4 is 4.74 Å². The van der Waals surface area contributed by atoms with Crippen molar-refractivity contribution < 1.29 is 9.84 Å². The average molecular weight is 356 g/mol. The highest BCUT2D eigenvalue weighted by atomic mass is 79.9. The highest BCUT2D eigenvalue weighted by Crippen LogP contribution is 2.36. The summed E-state index contributed by atoms with van der Waals surface area (Å²) < 4.78 is 6.21. The lowest BCUT2D eigenvalue weighted by Crippen LogP contribution is -2.35. The number of rotatable bonds is 5. The summed E-state index contributed by atoms with van der Waals surface area (Å²) in [4.78, 5) is 2.43. The van der Waals surface area contributed by atoms with Crippen LogP contribution in [-0.4, -0.2) is 29.7 Å². The summed E-state index contributed by atoms with van der Waals surface area (Å²) >= 11 is 3.41. The second kappa shape index (κ2) is 7.50. The molecule has 0 bridgehead atoms. The predicted octanol–water partition coefficient (Wildman–Crippen LogP) is 4.56. The highest BCUT2D eigenvalue weighted by Gasteiger charge is 2.22. The number of benzene rings is 1. The van der Waals surface area contributed by atoms with E-state index in [1.54, 1.807) is 0 Å². The van der Waals surface area contributed by atoms with Crippen LogP contribution in [0.3, 0.4) is 0 Å². The number of ether oxygens (including phenoxy) is 1. The molecule has 2 atom stereocenters. The normalized spacial score (nSPS) is 22.5. The summed E-state index contributed by atoms with van der Waals surface area (Å²) in [5.74, 6) is 1.58. The maximum atomic E-state index is 9.99. The van der Waals surface area contributed by atoms with Crippen molar-refractivity contribution in [2.45, 2.75) is 52.1 Å². The first-order valence-electron chi connectivity index (χ1n) is 7.85. The molecule has 1 aromatic carbocycles. The Morgan fingerprint density at radius 1 is 1.38 bits per heavy atom. The van der Waals surface area contributed by atoms with Gasteiger partial charge < -0.3 is 9.84 Å². The molecule has 2 unspecified atom stereocenters. The van der Waals surface area contributed by atoms with Crippen LogP contribution in [0.2, 0.25) is 0 Å². The molecular formula is C17H26BrNO2. The lowest BCUT2D eigenvalue weighted by molar-refractivity contribution is 0.157. The minimum absolute atomic E-state index is 0.189. The molecule has 1 N–H and O–H groups in total. The van der Waals surface area contributed by atoms with E-state index < -0.39 is 0 Å². The molecule has 21 heavy (non-hydrogen) atoms. The topological polar surface area (TPSA) is 32.7 Å². The van der Waals surface area contributed by atoms with Crippen molar-refractivity contribution in [3.8, 4) is 11.5 Å². The number of phenolic OH excluding ortho intramolecular Hbond substituents is 1. The second-order valence-corrected chi connectivity index (χ2v) is 7.05. The molecule has 1 aliphatic rings. The van der Waals surface area contributed by atoms with E-state index in [1.165, 1.54) is 31.2 Å². The van der Waals surface area contributed by atoms with E-state index in [0.717, 1.165) is 12.5 Å². The molecular weight excluding hydrogens is 330 g/mol. The van der Waals surface area contributed by atoms with Gasteiger partial charge in [-0.25, -0.2) is 0 Å². The van der Waals surface area contributed by atoms with Crippen LogP contribution in [0.1, 0.15) is 45.1 Å². The standard InChI is InChI=1S/C17H26BrNO2/c1-4-21-16-10-13(9-15(18)17(16)20)11-19(3)14-7-5-6-12(2)8-14/h9-10,12,14,20H,4-8,11H2,1-3H3. The first-order chi connectivity index (χ1) is 10.0. The first-order valence-corrected chi connectivity index (χ1v) is 8.65. The Morgan fingerprint density at radius 2 is 2.14 bits per heavy atom. The Kier molecular flexibility index (Phi) is 5.94. The smallest absolute Gasteiger partial charge is 0.172 e. The number of phenols is 1. The van der Waals surface area contributed by atoms with Gasteiger partial charge in [-0.05, 0) is 66.4 Å². The lowest BCUT2D eigenvalue weighted by atomic mass is 9.86. The van der Waals surface area contributed by atoms with E-state index >= 15 is 0 Å². The van der Waals surface area contributed by atoms with Gasteiger partial charge in [0.15, 0.2) is 11.5 Å². The van der Waals surface area contributed by atoms with Gasteiger partial charge >= 0.3 is 0 Å². The highest BCUT2D eigenvalue weighted by molar-refractivity contribution is 9.10. The monoisotopic (exact) mass is 355 g/mol. The van der Waals surface area contributed by atoms with Gasteiger partial charge in [0, 0.05) is 12.6 Å². The number of aromatic hydroxyl groups is 1. The van der Waals surface area contributed by atoms with E-state index in [0.29, 0.717) is 22.9 Å². The molecule has 118 valence electrons. The number of nitrogens with zero attached hydrogens (tertiary/aromatic N) is 1. The molecule has 1 fully saturated rings. The Bertz CT molecular complexity index is 478. The van der Waals surface area contributed by atoms with Crippen LogP contribution >= 0.6 is 15.9 Å². The molecule has 1 saturated carbocycles. The van der Waals surface area contributed by atoms with E-state index in [2.05, 4.69) is 34.8 Å². The Balaban J connectivity index is 2.07. The zero-order valence-corrected chi connectivity index (χ0v) is 14.8. The molecule has 4 heteroatoms. The van der Waals surface area contributed by atoms with Crippen molar-refractivity contribution in [1.82, 2.24) is 4.90 Å². The van der Waals surface area contributed by atoms with Crippen LogP contribution in [0, 0.1) is 5.92 Å². The third-order valence-electron chi connectivity index (χ3n) is 4.35. The fourth-order valence-electron chi connectivity index (χ4n) is 3.20. The lowest BCUT2D eigenvalue weighted by Gasteiger charge is -2.34. The van der Waals surface area contributed by atoms with Gasteiger partial charge in [-0.15, -0.1) is 0 Å². The average Bonchev–Trinajstić information content (AvgIpc) is 2.44. The SMILES string of the molecule is CCOc1cc(CN(C)C2CCCC(C)C2)cc(Br)c1O. The summed E-state index contributed by atoms with van der Waals surface area (Å²) in [7, 11) is 2.20. The fraction of sp³-hybridized carbons (Fsp3) is 0.647. The fourth-order valence-corrected chi connectivity index (χ4v) is 3.69. The molecule has 3 nitrogen and oxygen atoms in total. The maximum Gasteiger partial charge on any atom is 0.172 e. The van der Waals surface area contributed by atoms with E-state index in [-0.39, 0.29) is 5.75 Å². The van der Waals surface area contributed by atoms with Gasteiger partial charge in [0.25, 0.3) is 0 Å². The second-order valence-electron chi connectivity index (χ2n) is 6.20. The zero-order chi connectivity index (χ0) is 15.4. The summed E-state index contributed by atoms with van der Waals surface area (Å²) in [6.07, 6.45) is 5.27. The van der Waals surface area contributed by atoms with Gasteiger partial charge in [-0.2, -0.15) is 0 Å². The molecule has 0 radical (unpaired) electrons. The van der Waals surface area contributed by atoms with Gasteiger partial charge in [0.1, 0.15) is 0 Å². The Hall–Kier alpha value is -0.740. The van der Waals surface area contributed by atoms with Crippen molar-refractivity contribution in [2.24, 2.45) is 5.92 Å². The molecule has 0 aromatic heterocycles. The number of halogens is 1. The summed E-state index contributed by atoms with van der Waals surface area (Å²) in [6.45, 7) is 5.72. The molecule has 0 amide bonds. The predicted molar refractivity (Wildman–Crippen MR) is 89.9 cm³/mol. The molecule has 1 aromatic rings. The van der Waals surface area contributed by atoms with Crippen LogP contribution in [0.4, 0.5) is 0 Å². The van der Waals surface area contributed by atoms with Crippen LogP contribution in [0.5, 0.6) is 11.5 Å². The molecule has 0 saturated heterocycles. The molecule has 0 aliphatic heterocycles. The van der Waals surface area contributed by atoms with E-state index in [1.807, 2.05) is 19.1 Å². The van der Waals surface area contributed by atoms with Crippen molar-refractivity contribution in [1.29, 1.82) is 0 Å². The van der Waals surface area contributed by atoms with Crippen LogP contribution in [0.25, 0.3) is 0 Å². The van der Waals surface area contributed by atoms with E-state index in [4.69, 9.17) is 4.74 Å². The summed E-state index contributed by atoms with van der Waals surface area (Å²) in [5.41, 5.74) is 1.17. The third kappa shape index (κ3) is 4.36. The van der Waals surface area contributed by atoms with Crippen molar-refractivity contribution >= 4 is 15.9 Å². The minimum atomic E-state index is 0.189. The van der Waals surface area contributed by atoms with Gasteiger partial charge in [0.2, 0.25) is 0 Å². The van der Waals surface area contributed by atoms with Gasteiger partial charge in [-0.1, -0.05) is 19.8 Å². The molecule has 0 heterocycles. The largest absolute Gasteiger partial charge is 0.503 e. The maximum absolute atomic E-state index is 9.99. The van der Waals surface area contributed by atoms with Crippen molar-refractivity contribution in [2.75, 3.05) is 13.7 Å². The van der Waals surface area contributed by atoms with Crippen LogP contribution in [-0.2, 0) is 6.54 Å². The van der Waals surface area contributed by atoms with Gasteiger partial charge in [0.05, 0.1) is 11.1 Å². The van der Waals surface area contributed by atoms with Crippen LogP contribution in [0.15, 0.2) is 16.6 Å². The van der Waals surface area contributed by atoms with Crippen molar-refractivity contribution in [3.63, 3.8) is 0 Å².